The van der Waals surface area contributed by atoms with E-state index in [4.69, 9.17) is 5.11 Å². The minimum absolute atomic E-state index is 0.536. The molecule has 0 unspecified atom stereocenters. The van der Waals surface area contributed by atoms with Crippen LogP contribution in [-0.2, 0) is 11.3 Å². The van der Waals surface area contributed by atoms with Crippen molar-refractivity contribution >= 4 is 5.97 Å². The molecule has 2 aromatic carbocycles. The normalized spacial score (nSPS) is 11.3. The lowest BCUT2D eigenvalue weighted by atomic mass is 10.0. The molecule has 0 saturated heterocycles. The molecule has 0 atom stereocenters. The summed E-state index contributed by atoms with van der Waals surface area (Å²) in [6, 6.07) is 18.3. The Labute approximate surface area is 119 Å². The monoisotopic (exact) mass is 269 g/mol. The molecule has 0 radical (unpaired) electrons. The molecule has 2 N–H and O–H groups in total. The zero-order valence-electron chi connectivity index (χ0n) is 11.8. The number of carboxylic acid groups (broad SMARTS) is 1. The fourth-order valence-electron chi connectivity index (χ4n) is 1.84. The van der Waals surface area contributed by atoms with Gasteiger partial charge in [-0.2, -0.15) is 0 Å². The first kappa shape index (κ1) is 14.3. The quantitative estimate of drug-likeness (QED) is 0.875. The van der Waals surface area contributed by atoms with Crippen molar-refractivity contribution < 1.29 is 9.90 Å². The van der Waals surface area contributed by atoms with Crippen LogP contribution in [-0.4, -0.2) is 16.6 Å². The van der Waals surface area contributed by atoms with Crippen molar-refractivity contribution in [2.75, 3.05) is 0 Å². The van der Waals surface area contributed by atoms with Crippen LogP contribution in [0.1, 0.15) is 19.4 Å². The molecule has 3 heteroatoms. The Kier molecular flexibility index (Phi) is 4.20. The van der Waals surface area contributed by atoms with Crippen molar-refractivity contribution in [3.63, 3.8) is 0 Å². The molecule has 0 spiro atoms. The highest BCUT2D eigenvalue weighted by molar-refractivity contribution is 5.77. The Balaban J connectivity index is 2.04. The van der Waals surface area contributed by atoms with Gasteiger partial charge in [0.15, 0.2) is 0 Å². The first-order chi connectivity index (χ1) is 9.49. The van der Waals surface area contributed by atoms with E-state index < -0.39 is 11.5 Å². The van der Waals surface area contributed by atoms with E-state index in [2.05, 4.69) is 29.6 Å². The van der Waals surface area contributed by atoms with Gasteiger partial charge in [-0.1, -0.05) is 54.6 Å². The maximum absolute atomic E-state index is 11.0. The summed E-state index contributed by atoms with van der Waals surface area (Å²) < 4.78 is 0. The third-order valence-electron chi connectivity index (χ3n) is 3.33. The zero-order chi connectivity index (χ0) is 14.6. The van der Waals surface area contributed by atoms with Crippen molar-refractivity contribution in [2.45, 2.75) is 25.9 Å². The Morgan fingerprint density at radius 1 is 1.00 bits per heavy atom. The van der Waals surface area contributed by atoms with Crippen LogP contribution in [0, 0.1) is 0 Å². The highest BCUT2D eigenvalue weighted by atomic mass is 16.4. The minimum atomic E-state index is -0.919. The van der Waals surface area contributed by atoms with Gasteiger partial charge in [-0.25, -0.2) is 0 Å². The molecular weight excluding hydrogens is 250 g/mol. The molecule has 3 nitrogen and oxygen atoms in total. The van der Waals surface area contributed by atoms with Crippen LogP contribution in [0.2, 0.25) is 0 Å². The number of aliphatic carboxylic acids is 1. The summed E-state index contributed by atoms with van der Waals surface area (Å²) in [6.07, 6.45) is 0. The highest BCUT2D eigenvalue weighted by Gasteiger charge is 2.25. The van der Waals surface area contributed by atoms with Crippen LogP contribution in [0.5, 0.6) is 0 Å². The van der Waals surface area contributed by atoms with E-state index in [1.54, 1.807) is 13.8 Å². The lowest BCUT2D eigenvalue weighted by Gasteiger charge is -2.21. The fourth-order valence-corrected chi connectivity index (χ4v) is 1.84. The van der Waals surface area contributed by atoms with Crippen LogP contribution in [0.4, 0.5) is 0 Å². The van der Waals surface area contributed by atoms with E-state index in [0.29, 0.717) is 6.54 Å². The summed E-state index contributed by atoms with van der Waals surface area (Å²) in [6.45, 7) is 3.86. The number of carboxylic acids is 1. The smallest absolute Gasteiger partial charge is 0.323 e. The first-order valence-corrected chi connectivity index (χ1v) is 6.62. The molecule has 2 rings (SSSR count). The van der Waals surface area contributed by atoms with Crippen LogP contribution in [0.3, 0.4) is 0 Å². The van der Waals surface area contributed by atoms with Gasteiger partial charge in [0.1, 0.15) is 5.54 Å². The van der Waals surface area contributed by atoms with E-state index in [-0.39, 0.29) is 0 Å². The molecule has 0 aliphatic rings. The van der Waals surface area contributed by atoms with Crippen molar-refractivity contribution in [1.29, 1.82) is 0 Å². The van der Waals surface area contributed by atoms with E-state index in [1.165, 1.54) is 5.56 Å². The predicted molar refractivity (Wildman–Crippen MR) is 80.4 cm³/mol. The Hall–Kier alpha value is -2.13. The summed E-state index contributed by atoms with van der Waals surface area (Å²) in [5, 5.41) is 12.1. The molecule has 20 heavy (non-hydrogen) atoms. The topological polar surface area (TPSA) is 49.3 Å². The van der Waals surface area contributed by atoms with Crippen LogP contribution in [0.15, 0.2) is 54.6 Å². The standard InChI is InChI=1S/C17H19NO2/c1-17(2,16(19)20)18-12-13-8-10-15(11-9-13)14-6-4-3-5-7-14/h3-11,18H,12H2,1-2H3,(H,19,20). The van der Waals surface area contributed by atoms with Gasteiger partial charge in [0.25, 0.3) is 0 Å². The average molecular weight is 269 g/mol. The summed E-state index contributed by atoms with van der Waals surface area (Å²) in [5.41, 5.74) is 2.49. The molecular formula is C17H19NO2. The van der Waals surface area contributed by atoms with Crippen LogP contribution >= 0.6 is 0 Å². The van der Waals surface area contributed by atoms with Crippen molar-refractivity contribution in [3.05, 3.63) is 60.2 Å². The number of carbonyl (C=O) groups is 1. The van der Waals surface area contributed by atoms with Crippen LogP contribution < -0.4 is 5.32 Å². The number of hydrogen-bond acceptors (Lipinski definition) is 2. The van der Waals surface area contributed by atoms with Crippen LogP contribution in [0.25, 0.3) is 11.1 Å². The molecule has 0 aliphatic heterocycles. The van der Waals surface area contributed by atoms with E-state index in [0.717, 1.165) is 11.1 Å². The summed E-state index contributed by atoms with van der Waals surface area (Å²) in [5.74, 6) is -0.849. The molecule has 2 aromatic rings. The maximum atomic E-state index is 11.0. The number of rotatable bonds is 5. The highest BCUT2D eigenvalue weighted by Crippen LogP contribution is 2.19. The van der Waals surface area contributed by atoms with Gasteiger partial charge >= 0.3 is 5.97 Å². The molecule has 0 heterocycles. The van der Waals surface area contributed by atoms with Gasteiger partial charge in [-0.3, -0.25) is 10.1 Å². The largest absolute Gasteiger partial charge is 0.480 e. The summed E-state index contributed by atoms with van der Waals surface area (Å²) >= 11 is 0. The SMILES string of the molecule is CC(C)(NCc1ccc(-c2ccccc2)cc1)C(=O)O. The second-order valence-electron chi connectivity index (χ2n) is 5.35. The van der Waals surface area contributed by atoms with Crippen molar-refractivity contribution in [2.24, 2.45) is 0 Å². The third kappa shape index (κ3) is 3.45. The molecule has 0 fully saturated rings. The number of nitrogens with one attached hydrogen (secondary N) is 1. The Morgan fingerprint density at radius 3 is 2.10 bits per heavy atom. The van der Waals surface area contributed by atoms with Gasteiger partial charge in [0.05, 0.1) is 0 Å². The van der Waals surface area contributed by atoms with Gasteiger partial charge in [0.2, 0.25) is 0 Å². The fraction of sp³-hybridized carbons (Fsp3) is 0.235. The maximum Gasteiger partial charge on any atom is 0.323 e. The lowest BCUT2D eigenvalue weighted by Crippen LogP contribution is -2.46. The minimum Gasteiger partial charge on any atom is -0.480 e. The van der Waals surface area contributed by atoms with Crippen molar-refractivity contribution in [3.8, 4) is 11.1 Å². The van der Waals surface area contributed by atoms with Gasteiger partial charge in [-0.05, 0) is 30.5 Å². The summed E-state index contributed by atoms with van der Waals surface area (Å²) in [7, 11) is 0. The zero-order valence-corrected chi connectivity index (χ0v) is 11.8. The molecule has 0 bridgehead atoms. The molecule has 104 valence electrons. The Bertz CT molecular complexity index is 574. The summed E-state index contributed by atoms with van der Waals surface area (Å²) in [4.78, 5) is 11.0. The van der Waals surface area contributed by atoms with E-state index in [1.807, 2.05) is 30.3 Å². The average Bonchev–Trinajstić information content (AvgIpc) is 2.46. The second-order valence-corrected chi connectivity index (χ2v) is 5.35. The van der Waals surface area contributed by atoms with Crippen molar-refractivity contribution in [1.82, 2.24) is 5.32 Å². The number of hydrogen-bond donors (Lipinski definition) is 2. The Morgan fingerprint density at radius 2 is 1.55 bits per heavy atom. The molecule has 0 amide bonds. The van der Waals surface area contributed by atoms with E-state index in [9.17, 15) is 4.79 Å². The molecule has 0 saturated carbocycles. The number of benzene rings is 2. The molecule has 0 aromatic heterocycles. The van der Waals surface area contributed by atoms with Gasteiger partial charge in [0, 0.05) is 6.54 Å². The first-order valence-electron chi connectivity index (χ1n) is 6.62. The van der Waals surface area contributed by atoms with Gasteiger partial charge < -0.3 is 5.11 Å². The molecule has 0 aliphatic carbocycles. The van der Waals surface area contributed by atoms with E-state index >= 15 is 0 Å². The third-order valence-corrected chi connectivity index (χ3v) is 3.33. The predicted octanol–water partition coefficient (Wildman–Crippen LogP) is 3.31. The lowest BCUT2D eigenvalue weighted by molar-refractivity contribution is -0.143. The second kappa shape index (κ2) is 5.88. The van der Waals surface area contributed by atoms with Gasteiger partial charge in [-0.15, -0.1) is 0 Å².